The van der Waals surface area contributed by atoms with Gasteiger partial charge in [0.2, 0.25) is 0 Å². The first kappa shape index (κ1) is 12.1. The third-order valence-electron chi connectivity index (χ3n) is 1.65. The fourth-order valence-corrected chi connectivity index (χ4v) is 2.14. The Morgan fingerprint density at radius 2 is 1.93 bits per heavy atom. The maximum absolute atomic E-state index is 12.3. The van der Waals surface area contributed by atoms with Crippen LogP contribution in [0.5, 0.6) is 0 Å². The molecule has 1 nitrogen and oxygen atoms in total. The third-order valence-corrected chi connectivity index (χ3v) is 2.82. The number of benzene rings is 1. The summed E-state index contributed by atoms with van der Waals surface area (Å²) >= 11 is 7.39. The van der Waals surface area contributed by atoms with Crippen molar-refractivity contribution < 1.29 is 13.2 Å². The van der Waals surface area contributed by atoms with Crippen LogP contribution in [0.4, 0.5) is 13.2 Å². The molecule has 2 N–H and O–H groups in total. The second kappa shape index (κ2) is 4.24. The van der Waals surface area contributed by atoms with Gasteiger partial charge in [0, 0.05) is 8.59 Å². The van der Waals surface area contributed by atoms with Crippen LogP contribution in [0.25, 0.3) is 0 Å². The molecule has 1 unspecified atom stereocenters. The molecule has 0 bridgehead atoms. The fraction of sp³-hybridized carbons (Fsp3) is 0.250. The molecular formula is C8H6ClF3IN. The van der Waals surface area contributed by atoms with Crippen molar-refractivity contribution in [1.29, 1.82) is 0 Å². The Bertz CT molecular complexity index is 340. The minimum absolute atomic E-state index is 0.0440. The third kappa shape index (κ3) is 2.74. The van der Waals surface area contributed by atoms with Crippen LogP contribution in [-0.2, 0) is 0 Å². The van der Waals surface area contributed by atoms with Crippen LogP contribution in [-0.4, -0.2) is 6.18 Å². The van der Waals surface area contributed by atoms with Gasteiger partial charge in [-0.1, -0.05) is 17.7 Å². The van der Waals surface area contributed by atoms with Crippen LogP contribution in [0.15, 0.2) is 18.2 Å². The number of rotatable bonds is 1. The van der Waals surface area contributed by atoms with Gasteiger partial charge in [-0.15, -0.1) is 0 Å². The minimum Gasteiger partial charge on any atom is -0.316 e. The van der Waals surface area contributed by atoms with E-state index in [2.05, 4.69) is 0 Å². The molecule has 0 fully saturated rings. The van der Waals surface area contributed by atoms with E-state index >= 15 is 0 Å². The van der Waals surface area contributed by atoms with E-state index in [1.807, 2.05) is 0 Å². The quantitative estimate of drug-likeness (QED) is 0.781. The average Bonchev–Trinajstić information content (AvgIpc) is 2.01. The van der Waals surface area contributed by atoms with E-state index in [1.165, 1.54) is 18.2 Å². The first-order valence-corrected chi connectivity index (χ1v) is 5.05. The highest BCUT2D eigenvalue weighted by Gasteiger charge is 2.38. The molecular weight excluding hydrogens is 329 g/mol. The minimum atomic E-state index is -4.42. The maximum atomic E-state index is 12.3. The van der Waals surface area contributed by atoms with Crippen LogP contribution in [0.2, 0.25) is 5.02 Å². The standard InChI is InChI=1S/C8H6ClF3IN/c9-4-1-2-5(6(13)3-4)7(14)8(10,11)12/h1-3,7H,14H2. The van der Waals surface area contributed by atoms with Crippen molar-refractivity contribution in [3.05, 3.63) is 32.4 Å². The summed E-state index contributed by atoms with van der Waals surface area (Å²) in [6, 6.07) is 2.18. The molecule has 0 aromatic heterocycles. The molecule has 0 amide bonds. The SMILES string of the molecule is NC(c1ccc(Cl)cc1I)C(F)(F)F. The van der Waals surface area contributed by atoms with Crippen molar-refractivity contribution in [1.82, 2.24) is 0 Å². The predicted octanol–water partition coefficient (Wildman–Crippen LogP) is 3.51. The van der Waals surface area contributed by atoms with Gasteiger partial charge in [-0.25, -0.2) is 0 Å². The molecule has 1 atom stereocenters. The van der Waals surface area contributed by atoms with E-state index in [9.17, 15) is 13.2 Å². The Labute approximate surface area is 97.6 Å². The maximum Gasteiger partial charge on any atom is 0.407 e. The molecule has 0 heterocycles. The van der Waals surface area contributed by atoms with Crippen LogP contribution < -0.4 is 5.73 Å². The molecule has 6 heteroatoms. The molecule has 0 aliphatic carbocycles. The summed E-state index contributed by atoms with van der Waals surface area (Å²) in [4.78, 5) is 0. The first-order chi connectivity index (χ1) is 6.32. The van der Waals surface area contributed by atoms with Gasteiger partial charge in [-0.2, -0.15) is 13.2 Å². The second-order valence-electron chi connectivity index (χ2n) is 2.69. The normalized spacial score (nSPS) is 14.1. The summed E-state index contributed by atoms with van der Waals surface area (Å²) in [5.74, 6) is 0. The number of hydrogen-bond donors (Lipinski definition) is 1. The molecule has 0 spiro atoms. The van der Waals surface area contributed by atoms with Crippen LogP contribution in [0, 0.1) is 3.57 Å². The Morgan fingerprint density at radius 3 is 2.36 bits per heavy atom. The summed E-state index contributed by atoms with van der Waals surface area (Å²) < 4.78 is 37.2. The van der Waals surface area contributed by atoms with E-state index in [-0.39, 0.29) is 5.56 Å². The molecule has 78 valence electrons. The molecule has 0 aliphatic rings. The predicted molar refractivity (Wildman–Crippen MR) is 57.2 cm³/mol. The Kier molecular flexibility index (Phi) is 3.65. The monoisotopic (exact) mass is 335 g/mol. The zero-order valence-corrected chi connectivity index (χ0v) is 9.69. The van der Waals surface area contributed by atoms with E-state index in [1.54, 1.807) is 22.6 Å². The highest BCUT2D eigenvalue weighted by molar-refractivity contribution is 14.1. The van der Waals surface area contributed by atoms with Crippen LogP contribution in [0.3, 0.4) is 0 Å². The number of alkyl halides is 3. The molecule has 1 aromatic rings. The highest BCUT2D eigenvalue weighted by atomic mass is 127. The highest BCUT2D eigenvalue weighted by Crippen LogP contribution is 2.33. The van der Waals surface area contributed by atoms with Gasteiger partial charge in [0.1, 0.15) is 6.04 Å². The lowest BCUT2D eigenvalue weighted by molar-refractivity contribution is -0.149. The zero-order valence-electron chi connectivity index (χ0n) is 6.78. The average molecular weight is 335 g/mol. The van der Waals surface area contributed by atoms with Gasteiger partial charge in [0.05, 0.1) is 0 Å². The Hall–Kier alpha value is -0.0100. The van der Waals surface area contributed by atoms with Crippen LogP contribution in [0.1, 0.15) is 11.6 Å². The van der Waals surface area contributed by atoms with Crippen molar-refractivity contribution in [3.63, 3.8) is 0 Å². The van der Waals surface area contributed by atoms with Gasteiger partial charge >= 0.3 is 6.18 Å². The Balaban J connectivity index is 3.08. The van der Waals surface area contributed by atoms with Crippen molar-refractivity contribution in [2.45, 2.75) is 12.2 Å². The van der Waals surface area contributed by atoms with Crippen molar-refractivity contribution in [2.75, 3.05) is 0 Å². The fourth-order valence-electron chi connectivity index (χ4n) is 0.930. The van der Waals surface area contributed by atoms with Gasteiger partial charge in [0.25, 0.3) is 0 Å². The summed E-state index contributed by atoms with van der Waals surface area (Å²) in [6.45, 7) is 0. The summed E-state index contributed by atoms with van der Waals surface area (Å²) in [6.07, 6.45) is -4.42. The van der Waals surface area contributed by atoms with E-state index < -0.39 is 12.2 Å². The summed E-state index contributed by atoms with van der Waals surface area (Å²) in [5.41, 5.74) is 5.09. The zero-order chi connectivity index (χ0) is 10.9. The van der Waals surface area contributed by atoms with Gasteiger partial charge in [0.15, 0.2) is 0 Å². The lowest BCUT2D eigenvalue weighted by Crippen LogP contribution is -2.29. The van der Waals surface area contributed by atoms with E-state index in [0.717, 1.165) is 0 Å². The molecule has 1 rings (SSSR count). The topological polar surface area (TPSA) is 26.0 Å². The van der Waals surface area contributed by atoms with E-state index in [0.29, 0.717) is 8.59 Å². The van der Waals surface area contributed by atoms with Gasteiger partial charge in [-0.05, 0) is 40.3 Å². The molecule has 1 aromatic carbocycles. The molecule has 0 aliphatic heterocycles. The molecule has 0 saturated heterocycles. The lowest BCUT2D eigenvalue weighted by Gasteiger charge is -2.17. The second-order valence-corrected chi connectivity index (χ2v) is 4.28. The van der Waals surface area contributed by atoms with Crippen LogP contribution >= 0.6 is 34.2 Å². The molecule has 0 radical (unpaired) electrons. The van der Waals surface area contributed by atoms with Crippen molar-refractivity contribution >= 4 is 34.2 Å². The smallest absolute Gasteiger partial charge is 0.316 e. The number of nitrogens with two attached hydrogens (primary N) is 1. The first-order valence-electron chi connectivity index (χ1n) is 3.59. The lowest BCUT2D eigenvalue weighted by atomic mass is 10.1. The van der Waals surface area contributed by atoms with Gasteiger partial charge in [-0.3, -0.25) is 0 Å². The van der Waals surface area contributed by atoms with Crippen molar-refractivity contribution in [3.8, 4) is 0 Å². The number of hydrogen-bond acceptors (Lipinski definition) is 1. The largest absolute Gasteiger partial charge is 0.407 e. The molecule has 0 saturated carbocycles. The van der Waals surface area contributed by atoms with Gasteiger partial charge < -0.3 is 5.73 Å². The summed E-state index contributed by atoms with van der Waals surface area (Å²) in [5, 5.41) is 0.396. The van der Waals surface area contributed by atoms with Crippen molar-refractivity contribution in [2.24, 2.45) is 5.73 Å². The molecule has 14 heavy (non-hydrogen) atoms. The Morgan fingerprint density at radius 1 is 1.36 bits per heavy atom. The van der Waals surface area contributed by atoms with E-state index in [4.69, 9.17) is 17.3 Å². The number of halogens is 5. The summed E-state index contributed by atoms with van der Waals surface area (Å²) in [7, 11) is 0.